The zero-order chi connectivity index (χ0) is 56.8. The lowest BCUT2D eigenvalue weighted by atomic mass is 9.33. The van der Waals surface area contributed by atoms with Crippen LogP contribution in [0.25, 0.3) is 143 Å². The van der Waals surface area contributed by atoms with Gasteiger partial charge in [0.2, 0.25) is 0 Å². The van der Waals surface area contributed by atoms with E-state index in [9.17, 15) is 0 Å². The van der Waals surface area contributed by atoms with Gasteiger partial charge in [-0.3, -0.25) is 0 Å². The summed E-state index contributed by atoms with van der Waals surface area (Å²) in [6, 6.07) is 113. The van der Waals surface area contributed by atoms with E-state index in [1.165, 1.54) is 104 Å². The van der Waals surface area contributed by atoms with E-state index in [-0.39, 0.29) is 6.71 Å². The zero-order valence-corrected chi connectivity index (χ0v) is 47.2. The minimum absolute atomic E-state index is 0.225. The molecule has 0 N–H and O–H groups in total. The Labute approximate surface area is 502 Å². The zero-order valence-electron chi connectivity index (χ0n) is 47.2. The van der Waals surface area contributed by atoms with Gasteiger partial charge in [-0.25, -0.2) is 0 Å². The highest BCUT2D eigenvalue weighted by molar-refractivity contribution is 7.00. The van der Waals surface area contributed by atoms with Gasteiger partial charge in [-0.15, -0.1) is 0 Å². The maximum atomic E-state index is 7.04. The second-order valence-corrected chi connectivity index (χ2v) is 23.4. The first-order valence-electron chi connectivity index (χ1n) is 30.1. The molecule has 2 aliphatic heterocycles. The molecule has 0 amide bonds. The van der Waals surface area contributed by atoms with Gasteiger partial charge in [0.15, 0.2) is 0 Å². The summed E-state index contributed by atoms with van der Waals surface area (Å²) >= 11 is 0. The van der Waals surface area contributed by atoms with Crippen molar-refractivity contribution in [2.75, 3.05) is 4.90 Å². The molecular weight excluding hydrogens is 1050 g/mol. The first-order chi connectivity index (χ1) is 43.2. The monoisotopic (exact) mass is 1100 g/mol. The van der Waals surface area contributed by atoms with Gasteiger partial charge >= 0.3 is 0 Å². The average molecular weight is 1100 g/mol. The summed E-state index contributed by atoms with van der Waals surface area (Å²) in [5.74, 6) is 0. The first kappa shape index (κ1) is 48.0. The molecule has 0 atom stereocenters. The maximum absolute atomic E-state index is 7.04. The molecule has 5 heterocycles. The second-order valence-electron chi connectivity index (χ2n) is 23.4. The van der Waals surface area contributed by atoms with E-state index in [1.54, 1.807) is 0 Å². The second kappa shape index (κ2) is 18.6. The number of para-hydroxylation sites is 5. The lowest BCUT2D eigenvalue weighted by Crippen LogP contribution is -2.60. The Morgan fingerprint density at radius 1 is 0.287 bits per heavy atom. The van der Waals surface area contributed by atoms with E-state index in [0.717, 1.165) is 72.5 Å². The Kier molecular flexibility index (Phi) is 10.2. The van der Waals surface area contributed by atoms with Crippen molar-refractivity contribution in [3.8, 4) is 67.0 Å². The number of benzene rings is 14. The third-order valence-electron chi connectivity index (χ3n) is 18.9. The van der Waals surface area contributed by atoms with Gasteiger partial charge in [0.25, 0.3) is 6.71 Å². The van der Waals surface area contributed by atoms with Crippen molar-refractivity contribution >= 4 is 116 Å². The Morgan fingerprint density at radius 2 is 0.805 bits per heavy atom. The molecule has 0 aliphatic carbocycles. The normalized spacial score (nSPS) is 12.6. The van der Waals surface area contributed by atoms with Gasteiger partial charge in [-0.2, -0.15) is 0 Å². The molecule has 0 bridgehead atoms. The topological polar surface area (TPSA) is 26.2 Å². The highest BCUT2D eigenvalue weighted by atomic mass is 16.3. The molecule has 0 fully saturated rings. The van der Waals surface area contributed by atoms with Crippen molar-refractivity contribution in [1.82, 2.24) is 9.13 Å². The van der Waals surface area contributed by atoms with Crippen molar-refractivity contribution in [3.05, 3.63) is 303 Å². The molecule has 4 nitrogen and oxygen atoms in total. The van der Waals surface area contributed by atoms with Crippen LogP contribution in [0, 0.1) is 0 Å². The molecule has 5 heteroatoms. The lowest BCUT2D eigenvalue weighted by Gasteiger charge is -2.42. The fourth-order valence-electron chi connectivity index (χ4n) is 15.1. The van der Waals surface area contributed by atoms with Gasteiger partial charge in [-0.05, 0) is 132 Å². The summed E-state index contributed by atoms with van der Waals surface area (Å²) in [7, 11) is 0. The van der Waals surface area contributed by atoms with Gasteiger partial charge in [0, 0.05) is 66.2 Å². The molecule has 87 heavy (non-hydrogen) atoms. The van der Waals surface area contributed by atoms with Crippen molar-refractivity contribution in [2.24, 2.45) is 0 Å². The molecule has 14 aromatic carbocycles. The van der Waals surface area contributed by atoms with Crippen LogP contribution in [0.4, 0.5) is 17.1 Å². The van der Waals surface area contributed by atoms with E-state index in [2.05, 4.69) is 317 Å². The molecule has 0 radical (unpaired) electrons. The summed E-state index contributed by atoms with van der Waals surface area (Å²) in [6.07, 6.45) is 0. The van der Waals surface area contributed by atoms with Crippen molar-refractivity contribution in [3.63, 3.8) is 0 Å². The number of furan rings is 1. The summed E-state index contributed by atoms with van der Waals surface area (Å²) in [4.78, 5) is 2.66. The van der Waals surface area contributed by atoms with Crippen LogP contribution in [-0.4, -0.2) is 15.8 Å². The lowest BCUT2D eigenvalue weighted by molar-refractivity contribution is 0.669. The van der Waals surface area contributed by atoms with Crippen molar-refractivity contribution in [2.45, 2.75) is 0 Å². The molecule has 19 rings (SSSR count). The third kappa shape index (κ3) is 7.03. The fourth-order valence-corrected chi connectivity index (χ4v) is 15.1. The highest BCUT2D eigenvalue weighted by Gasteiger charge is 2.45. The van der Waals surface area contributed by atoms with E-state index in [4.69, 9.17) is 4.42 Å². The van der Waals surface area contributed by atoms with Crippen LogP contribution in [-0.2, 0) is 0 Å². The minimum atomic E-state index is -0.225. The van der Waals surface area contributed by atoms with Gasteiger partial charge in [0.05, 0.1) is 27.8 Å². The number of hydrogen-bond acceptors (Lipinski definition) is 2. The summed E-state index contributed by atoms with van der Waals surface area (Å²) in [6.45, 7) is -0.225. The van der Waals surface area contributed by atoms with Crippen LogP contribution >= 0.6 is 0 Å². The molecular formula is C82H50BN3O. The SMILES string of the molecule is c1ccc(-c2ccc(-c3cccc(-c4ccc(-c5ccccc5)cc4)c3N3c4cc5c(cc4B4c6c3cc(-c3cccc7ccccc37)cc6-n3c6ccccc6c6c7c8ccccc8n(-c8ccccc8)c7cc4c63)oc3ccccc35)cc2)cc1. The van der Waals surface area contributed by atoms with Crippen molar-refractivity contribution < 1.29 is 4.42 Å². The quantitative estimate of drug-likeness (QED) is 0.149. The standard InChI is InChI=1S/C82H50BN3O/c1-4-20-51(21-5-1)53-38-42-56(43-39-53)62-33-19-34-63(57-44-40-54(41-45-57)52-22-6-2-7-23-52)81(62)86-72-48-67-64-29-14-17-37-76(64)87-77(67)50-68(72)83-69-49-73-78(65-30-12-15-35-70(65)84(73)59-26-8-3-9-27-59)79-66-31-13-16-36-71(66)85(82(69)79)74-46-58(47-75(86)80(74)83)61-32-18-25-55-24-10-11-28-60(55)61/h1-50H. The summed E-state index contributed by atoms with van der Waals surface area (Å²) in [5, 5.41) is 9.59. The summed E-state index contributed by atoms with van der Waals surface area (Å²) in [5.41, 5.74) is 27.5. The minimum Gasteiger partial charge on any atom is -0.456 e. The third-order valence-corrected chi connectivity index (χ3v) is 18.9. The van der Waals surface area contributed by atoms with Gasteiger partial charge in [0.1, 0.15) is 11.2 Å². The maximum Gasteiger partial charge on any atom is 0.252 e. The van der Waals surface area contributed by atoms with Crippen LogP contribution in [0.2, 0.25) is 0 Å². The van der Waals surface area contributed by atoms with E-state index in [0.29, 0.717) is 0 Å². The molecule has 17 aromatic rings. The van der Waals surface area contributed by atoms with Crippen LogP contribution in [0.5, 0.6) is 0 Å². The molecule has 0 saturated heterocycles. The molecule has 0 unspecified atom stereocenters. The largest absolute Gasteiger partial charge is 0.456 e. The van der Waals surface area contributed by atoms with Gasteiger partial charge < -0.3 is 18.5 Å². The first-order valence-corrected chi connectivity index (χ1v) is 30.1. The van der Waals surface area contributed by atoms with Crippen LogP contribution in [0.1, 0.15) is 0 Å². The van der Waals surface area contributed by atoms with Crippen LogP contribution < -0.4 is 21.3 Å². The van der Waals surface area contributed by atoms with Crippen LogP contribution in [0.15, 0.2) is 308 Å². The molecule has 0 saturated carbocycles. The van der Waals surface area contributed by atoms with E-state index >= 15 is 0 Å². The number of fused-ring (bicyclic) bond motifs is 15. The predicted octanol–water partition coefficient (Wildman–Crippen LogP) is 19.9. The Hall–Kier alpha value is -11.4. The van der Waals surface area contributed by atoms with Crippen molar-refractivity contribution in [1.29, 1.82) is 0 Å². The Balaban J connectivity index is 0.991. The average Bonchev–Trinajstić information content (AvgIpc) is 1.84. The fraction of sp³-hybridized carbons (Fsp3) is 0. The van der Waals surface area contributed by atoms with E-state index in [1.807, 2.05) is 0 Å². The Bertz CT molecular complexity index is 5580. The van der Waals surface area contributed by atoms with Gasteiger partial charge in [-0.1, -0.05) is 243 Å². The molecule has 0 spiro atoms. The predicted molar refractivity (Wildman–Crippen MR) is 366 cm³/mol. The smallest absolute Gasteiger partial charge is 0.252 e. The molecule has 402 valence electrons. The molecule has 3 aromatic heterocycles. The van der Waals surface area contributed by atoms with E-state index < -0.39 is 0 Å². The Morgan fingerprint density at radius 3 is 1.49 bits per heavy atom. The number of nitrogens with zero attached hydrogens (tertiary/aromatic N) is 3. The number of rotatable bonds is 7. The number of aromatic nitrogens is 2. The number of anilines is 3. The highest BCUT2D eigenvalue weighted by Crippen LogP contribution is 2.52. The number of hydrogen-bond donors (Lipinski definition) is 0. The molecule has 2 aliphatic rings. The van der Waals surface area contributed by atoms with Crippen LogP contribution in [0.3, 0.4) is 0 Å². The summed E-state index contributed by atoms with van der Waals surface area (Å²) < 4.78 is 12.2.